The van der Waals surface area contributed by atoms with Crippen molar-refractivity contribution in [2.45, 2.75) is 26.3 Å². The van der Waals surface area contributed by atoms with E-state index < -0.39 is 5.82 Å². The summed E-state index contributed by atoms with van der Waals surface area (Å²) < 4.78 is 13.4. The maximum atomic E-state index is 13.4. The second kappa shape index (κ2) is 7.17. The number of hydrogen-bond donors (Lipinski definition) is 2. The molecular weight excluding hydrogens is 289 g/mol. The highest BCUT2D eigenvalue weighted by atomic mass is 32.1. The maximum absolute atomic E-state index is 13.4. The third-order valence-electron chi connectivity index (χ3n) is 2.96. The lowest BCUT2D eigenvalue weighted by Gasteiger charge is -2.14. The highest BCUT2D eigenvalue weighted by Crippen LogP contribution is 2.20. The van der Waals surface area contributed by atoms with E-state index >= 15 is 0 Å². The molecule has 0 saturated heterocycles. The number of carbonyl (C=O) groups is 1. The third-order valence-corrected chi connectivity index (χ3v) is 4.01. The number of pyridine rings is 1. The summed E-state index contributed by atoms with van der Waals surface area (Å²) in [5.74, 6) is -0.443. The van der Waals surface area contributed by atoms with E-state index in [4.69, 9.17) is 0 Å². The topological polar surface area (TPSA) is 54.0 Å². The van der Waals surface area contributed by atoms with Gasteiger partial charge in [-0.2, -0.15) is 0 Å². The van der Waals surface area contributed by atoms with Crippen molar-refractivity contribution in [3.05, 3.63) is 46.0 Å². The number of halogens is 1. The zero-order valence-electron chi connectivity index (χ0n) is 12.0. The van der Waals surface area contributed by atoms with E-state index in [1.54, 1.807) is 11.3 Å². The molecule has 2 N–H and O–H groups in total. The molecule has 0 spiro atoms. The maximum Gasteiger partial charge on any atom is 0.255 e. The molecule has 2 heterocycles. The van der Waals surface area contributed by atoms with Crippen molar-refractivity contribution < 1.29 is 9.18 Å². The minimum Gasteiger partial charge on any atom is -0.369 e. The third kappa shape index (κ3) is 4.01. The van der Waals surface area contributed by atoms with Crippen molar-refractivity contribution in [1.29, 1.82) is 0 Å². The minimum absolute atomic E-state index is 0.125. The summed E-state index contributed by atoms with van der Waals surface area (Å²) in [6.45, 7) is 4.59. The van der Waals surface area contributed by atoms with Crippen LogP contribution in [0.3, 0.4) is 0 Å². The first-order chi connectivity index (χ1) is 10.1. The van der Waals surface area contributed by atoms with Gasteiger partial charge in [0.2, 0.25) is 0 Å². The molecule has 0 bridgehead atoms. The van der Waals surface area contributed by atoms with Crippen LogP contribution in [-0.4, -0.2) is 17.4 Å². The van der Waals surface area contributed by atoms with Crippen molar-refractivity contribution in [3.63, 3.8) is 0 Å². The van der Waals surface area contributed by atoms with Crippen molar-refractivity contribution in [2.24, 2.45) is 0 Å². The Bertz CT molecular complexity index is 601. The fourth-order valence-corrected chi connectivity index (χ4v) is 2.61. The molecule has 1 atom stereocenters. The van der Waals surface area contributed by atoms with Gasteiger partial charge >= 0.3 is 0 Å². The van der Waals surface area contributed by atoms with Gasteiger partial charge in [-0.05, 0) is 30.9 Å². The van der Waals surface area contributed by atoms with E-state index in [0.717, 1.165) is 17.5 Å². The average Bonchev–Trinajstić information content (AvgIpc) is 3.00. The number of anilines is 1. The fraction of sp³-hybridized carbons (Fsp3) is 0.333. The molecule has 0 aliphatic carbocycles. The second-order valence-electron chi connectivity index (χ2n) is 4.69. The van der Waals surface area contributed by atoms with E-state index in [1.807, 2.05) is 31.4 Å². The molecule has 0 aliphatic heterocycles. The van der Waals surface area contributed by atoms with Gasteiger partial charge in [0.25, 0.3) is 5.91 Å². The zero-order chi connectivity index (χ0) is 15.2. The largest absolute Gasteiger partial charge is 0.369 e. The summed E-state index contributed by atoms with van der Waals surface area (Å²) in [6.07, 6.45) is 2.00. The smallest absolute Gasteiger partial charge is 0.255 e. The first-order valence-corrected chi connectivity index (χ1v) is 7.73. The van der Waals surface area contributed by atoms with Crippen LogP contribution in [0.5, 0.6) is 0 Å². The van der Waals surface area contributed by atoms with Gasteiger partial charge in [-0.25, -0.2) is 9.37 Å². The molecule has 0 aliphatic rings. The van der Waals surface area contributed by atoms with Gasteiger partial charge in [0.05, 0.1) is 17.8 Å². The molecule has 0 aromatic carbocycles. The van der Waals surface area contributed by atoms with Gasteiger partial charge in [-0.1, -0.05) is 13.0 Å². The Kier molecular flexibility index (Phi) is 5.27. The first kappa shape index (κ1) is 15.4. The second-order valence-corrected chi connectivity index (χ2v) is 5.67. The van der Waals surface area contributed by atoms with Gasteiger partial charge in [-0.15, -0.1) is 11.3 Å². The summed E-state index contributed by atoms with van der Waals surface area (Å²) >= 11 is 1.57. The van der Waals surface area contributed by atoms with Crippen LogP contribution in [0.15, 0.2) is 29.8 Å². The van der Waals surface area contributed by atoms with Gasteiger partial charge in [0, 0.05) is 11.4 Å². The lowest BCUT2D eigenvalue weighted by Crippen LogP contribution is -2.27. The molecule has 0 radical (unpaired) electrons. The zero-order valence-corrected chi connectivity index (χ0v) is 12.8. The van der Waals surface area contributed by atoms with E-state index in [2.05, 4.69) is 15.6 Å². The Morgan fingerprint density at radius 2 is 2.33 bits per heavy atom. The molecule has 2 aromatic rings. The van der Waals surface area contributed by atoms with Gasteiger partial charge in [-0.3, -0.25) is 4.79 Å². The Balaban J connectivity index is 2.15. The van der Waals surface area contributed by atoms with E-state index in [9.17, 15) is 9.18 Å². The molecule has 2 aromatic heterocycles. The van der Waals surface area contributed by atoms with Crippen LogP contribution in [0.4, 0.5) is 10.2 Å². The lowest BCUT2D eigenvalue weighted by molar-refractivity contribution is 0.0940. The van der Waals surface area contributed by atoms with Crippen molar-refractivity contribution in [3.8, 4) is 0 Å². The standard InChI is InChI=1S/C15H18FN3OS/c1-3-6-17-14-12(8-11(16)9-18-14)15(20)19-10(2)13-5-4-7-21-13/h4-5,7-10H,3,6H2,1-2H3,(H,17,18)(H,19,20). The Hall–Kier alpha value is -1.95. The van der Waals surface area contributed by atoms with Crippen LogP contribution in [0.1, 0.15) is 41.5 Å². The molecule has 0 saturated carbocycles. The molecule has 2 rings (SSSR count). The highest BCUT2D eigenvalue weighted by Gasteiger charge is 2.17. The predicted octanol–water partition coefficient (Wildman–Crippen LogP) is 3.60. The van der Waals surface area contributed by atoms with Crippen LogP contribution in [0, 0.1) is 5.82 Å². The number of hydrogen-bond acceptors (Lipinski definition) is 4. The van der Waals surface area contributed by atoms with Gasteiger partial charge in [0.15, 0.2) is 0 Å². The Morgan fingerprint density at radius 1 is 1.52 bits per heavy atom. The minimum atomic E-state index is -0.522. The molecule has 4 nitrogen and oxygen atoms in total. The molecule has 1 unspecified atom stereocenters. The summed E-state index contributed by atoms with van der Waals surface area (Å²) in [4.78, 5) is 17.3. The predicted molar refractivity (Wildman–Crippen MR) is 83.2 cm³/mol. The molecular formula is C15H18FN3OS. The molecule has 112 valence electrons. The number of rotatable bonds is 6. The van der Waals surface area contributed by atoms with Crippen LogP contribution in [0.2, 0.25) is 0 Å². The number of aromatic nitrogens is 1. The SMILES string of the molecule is CCCNc1ncc(F)cc1C(=O)NC(C)c1cccs1. The van der Waals surface area contributed by atoms with Crippen LogP contribution in [0.25, 0.3) is 0 Å². The van der Waals surface area contributed by atoms with Gasteiger partial charge < -0.3 is 10.6 Å². The van der Waals surface area contributed by atoms with E-state index in [0.29, 0.717) is 12.4 Å². The summed E-state index contributed by atoms with van der Waals surface area (Å²) in [6, 6.07) is 4.97. The lowest BCUT2D eigenvalue weighted by atomic mass is 10.2. The van der Waals surface area contributed by atoms with Crippen LogP contribution in [-0.2, 0) is 0 Å². The summed E-state index contributed by atoms with van der Waals surface area (Å²) in [5.41, 5.74) is 0.229. The number of carbonyl (C=O) groups excluding carboxylic acids is 1. The van der Waals surface area contributed by atoms with E-state index in [1.165, 1.54) is 6.07 Å². The molecule has 1 amide bonds. The first-order valence-electron chi connectivity index (χ1n) is 6.85. The number of nitrogens with zero attached hydrogens (tertiary/aromatic N) is 1. The van der Waals surface area contributed by atoms with E-state index in [-0.39, 0.29) is 17.5 Å². The Labute approximate surface area is 127 Å². The highest BCUT2D eigenvalue weighted by molar-refractivity contribution is 7.10. The quantitative estimate of drug-likeness (QED) is 0.857. The normalized spacial score (nSPS) is 12.0. The fourth-order valence-electron chi connectivity index (χ4n) is 1.88. The Morgan fingerprint density at radius 3 is 3.00 bits per heavy atom. The summed E-state index contributed by atoms with van der Waals surface area (Å²) in [5, 5.41) is 7.86. The van der Waals surface area contributed by atoms with Crippen molar-refractivity contribution >= 4 is 23.1 Å². The average molecular weight is 307 g/mol. The summed E-state index contributed by atoms with van der Waals surface area (Å²) in [7, 11) is 0. The monoisotopic (exact) mass is 307 g/mol. The number of thiophene rings is 1. The van der Waals surface area contributed by atoms with Gasteiger partial charge in [0.1, 0.15) is 11.6 Å². The number of amides is 1. The van der Waals surface area contributed by atoms with Crippen molar-refractivity contribution in [1.82, 2.24) is 10.3 Å². The van der Waals surface area contributed by atoms with Crippen LogP contribution < -0.4 is 10.6 Å². The molecule has 0 fully saturated rings. The molecule has 6 heteroatoms. The van der Waals surface area contributed by atoms with Crippen LogP contribution >= 0.6 is 11.3 Å². The molecule has 21 heavy (non-hydrogen) atoms. The number of nitrogens with one attached hydrogen (secondary N) is 2. The van der Waals surface area contributed by atoms with Crippen molar-refractivity contribution in [2.75, 3.05) is 11.9 Å².